The van der Waals surface area contributed by atoms with Gasteiger partial charge in [0, 0.05) is 0 Å². The summed E-state index contributed by atoms with van der Waals surface area (Å²) < 4.78 is 0. The molecule has 4 aliphatic rings. The van der Waals surface area contributed by atoms with Gasteiger partial charge in [0.2, 0.25) is 0 Å². The van der Waals surface area contributed by atoms with Crippen LogP contribution in [0.4, 0.5) is 0 Å². The van der Waals surface area contributed by atoms with Gasteiger partial charge >= 0.3 is 0 Å². The number of hydrogen-bond donors (Lipinski definition) is 0. The molecule has 0 radical (unpaired) electrons. The van der Waals surface area contributed by atoms with Crippen molar-refractivity contribution in [2.45, 2.75) is 38.5 Å². The average molecular weight is 162 g/mol. The summed E-state index contributed by atoms with van der Waals surface area (Å²) >= 11 is 0. The van der Waals surface area contributed by atoms with E-state index in [2.05, 4.69) is 0 Å². The van der Waals surface area contributed by atoms with Crippen LogP contribution in [-0.2, 0) is 0 Å². The Balaban J connectivity index is 1.66. The fraction of sp³-hybridized carbons (Fsp3) is 1.00. The molecule has 0 nitrogen and oxygen atoms in total. The standard InChI is InChI=1S/C12H18/c1-2-7-6-11-9-4-5-10(9)12(11)8(7)3-1/h7-12H,1-6H2. The zero-order valence-electron chi connectivity index (χ0n) is 7.71. The summed E-state index contributed by atoms with van der Waals surface area (Å²) in [6, 6.07) is 0. The lowest BCUT2D eigenvalue weighted by Crippen LogP contribution is -2.52. The van der Waals surface area contributed by atoms with Crippen molar-refractivity contribution >= 4 is 0 Å². The van der Waals surface area contributed by atoms with E-state index in [1.807, 2.05) is 0 Å². The smallest absolute Gasteiger partial charge is 0.0321 e. The van der Waals surface area contributed by atoms with Crippen LogP contribution < -0.4 is 0 Å². The predicted molar refractivity (Wildman–Crippen MR) is 48.6 cm³/mol. The van der Waals surface area contributed by atoms with Gasteiger partial charge in [-0.25, -0.2) is 0 Å². The minimum Gasteiger partial charge on any atom is -0.0527 e. The Kier molecular flexibility index (Phi) is 1.03. The van der Waals surface area contributed by atoms with Crippen LogP contribution in [0.15, 0.2) is 0 Å². The molecule has 0 bridgehead atoms. The molecule has 66 valence electrons. The van der Waals surface area contributed by atoms with E-state index in [1.165, 1.54) is 35.5 Å². The molecule has 6 unspecified atom stereocenters. The molecule has 12 heavy (non-hydrogen) atoms. The molecule has 0 aromatic heterocycles. The number of rotatable bonds is 0. The number of fused-ring (bicyclic) bond motifs is 6. The Labute approximate surface area is 74.7 Å². The minimum absolute atomic E-state index is 1.20. The van der Waals surface area contributed by atoms with E-state index in [0.29, 0.717) is 0 Å². The molecule has 6 atom stereocenters. The molecule has 0 saturated heterocycles. The van der Waals surface area contributed by atoms with E-state index in [1.54, 1.807) is 38.5 Å². The first-order valence-corrected chi connectivity index (χ1v) is 5.95. The van der Waals surface area contributed by atoms with Gasteiger partial charge < -0.3 is 0 Å². The van der Waals surface area contributed by atoms with Crippen LogP contribution in [-0.4, -0.2) is 0 Å². The molecule has 0 heteroatoms. The van der Waals surface area contributed by atoms with Crippen molar-refractivity contribution < 1.29 is 0 Å². The van der Waals surface area contributed by atoms with Crippen LogP contribution >= 0.6 is 0 Å². The van der Waals surface area contributed by atoms with Crippen molar-refractivity contribution in [1.29, 1.82) is 0 Å². The molecule has 4 fully saturated rings. The lowest BCUT2D eigenvalue weighted by Gasteiger charge is -2.58. The third-order valence-electron chi connectivity index (χ3n) is 5.71. The molecule has 4 rings (SSSR count). The van der Waals surface area contributed by atoms with Gasteiger partial charge in [0.15, 0.2) is 0 Å². The Bertz CT molecular complexity index is 220. The lowest BCUT2D eigenvalue weighted by atomic mass is 9.46. The molecule has 0 amide bonds. The molecular weight excluding hydrogens is 144 g/mol. The quantitative estimate of drug-likeness (QED) is 0.513. The average Bonchev–Trinajstić information content (AvgIpc) is 2.52. The van der Waals surface area contributed by atoms with E-state index in [0.717, 1.165) is 0 Å². The van der Waals surface area contributed by atoms with E-state index in [-0.39, 0.29) is 0 Å². The summed E-state index contributed by atoms with van der Waals surface area (Å²) in [6.45, 7) is 0. The Morgan fingerprint density at radius 1 is 0.667 bits per heavy atom. The van der Waals surface area contributed by atoms with Crippen LogP contribution in [0.1, 0.15) is 38.5 Å². The molecule has 0 spiro atoms. The Hall–Kier alpha value is 0. The predicted octanol–water partition coefficient (Wildman–Crippen LogP) is 3.08. The fourth-order valence-corrected chi connectivity index (χ4v) is 5.20. The molecular formula is C12H18. The van der Waals surface area contributed by atoms with Gasteiger partial charge in [-0.15, -0.1) is 0 Å². The second kappa shape index (κ2) is 1.91. The monoisotopic (exact) mass is 162 g/mol. The first kappa shape index (κ1) is 6.45. The van der Waals surface area contributed by atoms with E-state index >= 15 is 0 Å². The Morgan fingerprint density at radius 3 is 2.42 bits per heavy atom. The van der Waals surface area contributed by atoms with Gasteiger partial charge in [0.25, 0.3) is 0 Å². The van der Waals surface area contributed by atoms with Crippen LogP contribution in [0, 0.1) is 35.5 Å². The summed E-state index contributed by atoms with van der Waals surface area (Å²) in [7, 11) is 0. The van der Waals surface area contributed by atoms with Crippen molar-refractivity contribution in [1.82, 2.24) is 0 Å². The summed E-state index contributed by atoms with van der Waals surface area (Å²) in [5, 5.41) is 0. The molecule has 0 heterocycles. The topological polar surface area (TPSA) is 0 Å². The van der Waals surface area contributed by atoms with Gasteiger partial charge in [-0.05, 0) is 61.2 Å². The maximum Gasteiger partial charge on any atom is -0.0321 e. The van der Waals surface area contributed by atoms with Gasteiger partial charge in [-0.1, -0.05) is 12.8 Å². The summed E-state index contributed by atoms with van der Waals surface area (Å²) in [5.74, 6) is 7.38. The number of hydrogen-bond acceptors (Lipinski definition) is 0. The summed E-state index contributed by atoms with van der Waals surface area (Å²) in [5.41, 5.74) is 0. The third-order valence-corrected chi connectivity index (χ3v) is 5.71. The molecule has 4 saturated carbocycles. The van der Waals surface area contributed by atoms with Crippen molar-refractivity contribution in [3.05, 3.63) is 0 Å². The summed E-state index contributed by atoms with van der Waals surface area (Å²) in [6.07, 6.45) is 9.62. The highest BCUT2D eigenvalue weighted by Gasteiger charge is 2.62. The van der Waals surface area contributed by atoms with Gasteiger partial charge in [-0.2, -0.15) is 0 Å². The lowest BCUT2D eigenvalue weighted by molar-refractivity contribution is -0.0998. The Morgan fingerprint density at radius 2 is 1.58 bits per heavy atom. The van der Waals surface area contributed by atoms with E-state index in [9.17, 15) is 0 Å². The van der Waals surface area contributed by atoms with Gasteiger partial charge in [0.05, 0.1) is 0 Å². The van der Waals surface area contributed by atoms with Crippen LogP contribution in [0.5, 0.6) is 0 Å². The molecule has 4 aliphatic carbocycles. The third kappa shape index (κ3) is 0.533. The van der Waals surface area contributed by atoms with E-state index in [4.69, 9.17) is 0 Å². The zero-order chi connectivity index (χ0) is 7.71. The van der Waals surface area contributed by atoms with Crippen molar-refractivity contribution in [2.75, 3.05) is 0 Å². The highest BCUT2D eigenvalue weighted by atomic mass is 14.7. The van der Waals surface area contributed by atoms with Crippen LogP contribution in [0.25, 0.3) is 0 Å². The molecule has 0 aliphatic heterocycles. The van der Waals surface area contributed by atoms with Crippen molar-refractivity contribution in [3.63, 3.8) is 0 Å². The fourth-order valence-electron chi connectivity index (χ4n) is 5.20. The molecule has 0 N–H and O–H groups in total. The van der Waals surface area contributed by atoms with Gasteiger partial charge in [-0.3, -0.25) is 0 Å². The second-order valence-corrected chi connectivity index (χ2v) is 5.74. The van der Waals surface area contributed by atoms with Gasteiger partial charge in [0.1, 0.15) is 0 Å². The maximum atomic E-state index is 1.65. The maximum absolute atomic E-state index is 1.65. The van der Waals surface area contributed by atoms with Crippen LogP contribution in [0.2, 0.25) is 0 Å². The minimum atomic E-state index is 1.20. The normalized spacial score (nSPS) is 66.0. The summed E-state index contributed by atoms with van der Waals surface area (Å²) in [4.78, 5) is 0. The molecule has 0 aromatic rings. The SMILES string of the molecule is C1CC2CC3C4CCC4C3C2C1. The van der Waals surface area contributed by atoms with Crippen molar-refractivity contribution in [3.8, 4) is 0 Å². The largest absolute Gasteiger partial charge is 0.0527 e. The van der Waals surface area contributed by atoms with Crippen LogP contribution in [0.3, 0.4) is 0 Å². The second-order valence-electron chi connectivity index (χ2n) is 5.74. The first-order chi connectivity index (χ1) is 5.95. The highest BCUT2D eigenvalue weighted by Crippen LogP contribution is 2.70. The molecule has 0 aromatic carbocycles. The zero-order valence-corrected chi connectivity index (χ0v) is 7.71. The highest BCUT2D eigenvalue weighted by molar-refractivity contribution is 5.11. The van der Waals surface area contributed by atoms with Crippen molar-refractivity contribution in [2.24, 2.45) is 35.5 Å². The van der Waals surface area contributed by atoms with E-state index < -0.39 is 0 Å². The first-order valence-electron chi connectivity index (χ1n) is 5.95.